The van der Waals surface area contributed by atoms with Gasteiger partial charge >= 0.3 is 0 Å². The summed E-state index contributed by atoms with van der Waals surface area (Å²) in [6.45, 7) is 2.70. The van der Waals surface area contributed by atoms with Crippen molar-refractivity contribution in [2.75, 3.05) is 24.1 Å². The summed E-state index contributed by atoms with van der Waals surface area (Å²) in [5.41, 5.74) is 8.04. The van der Waals surface area contributed by atoms with Gasteiger partial charge in [0.2, 0.25) is 5.91 Å². The van der Waals surface area contributed by atoms with E-state index in [0.717, 1.165) is 16.6 Å². The van der Waals surface area contributed by atoms with Crippen molar-refractivity contribution in [2.45, 2.75) is 6.92 Å². The molecule has 5 heteroatoms. The summed E-state index contributed by atoms with van der Waals surface area (Å²) in [6, 6.07) is 7.67. The molecule has 0 spiro atoms. The van der Waals surface area contributed by atoms with Gasteiger partial charge in [-0.3, -0.25) is 9.78 Å². The van der Waals surface area contributed by atoms with Gasteiger partial charge in [-0.1, -0.05) is 18.2 Å². The lowest BCUT2D eigenvalue weighted by atomic mass is 10.1. The molecule has 5 nitrogen and oxygen atoms in total. The Kier molecular flexibility index (Phi) is 3.62. The molecule has 0 saturated heterocycles. The molecule has 1 amide bonds. The number of nitrogens with one attached hydrogen (secondary N) is 2. The first-order chi connectivity index (χ1) is 8.72. The van der Waals surface area contributed by atoms with Gasteiger partial charge in [0.1, 0.15) is 0 Å². The molecule has 2 rings (SSSR count). The van der Waals surface area contributed by atoms with Gasteiger partial charge in [0.15, 0.2) is 0 Å². The zero-order chi connectivity index (χ0) is 13.0. The maximum absolute atomic E-state index is 11.4. The number of hydrogen-bond acceptors (Lipinski definition) is 4. The minimum Gasteiger partial charge on any atom is -0.396 e. The number of nitrogens with zero attached hydrogens (tertiary/aromatic N) is 1. The second kappa shape index (κ2) is 5.35. The van der Waals surface area contributed by atoms with E-state index in [1.54, 1.807) is 6.20 Å². The van der Waals surface area contributed by atoms with Gasteiger partial charge in [0.05, 0.1) is 29.6 Å². The molecule has 4 N–H and O–H groups in total. The fourth-order valence-corrected chi connectivity index (χ4v) is 1.78. The van der Waals surface area contributed by atoms with Crippen LogP contribution >= 0.6 is 0 Å². The highest BCUT2D eigenvalue weighted by Crippen LogP contribution is 2.27. The number of nitrogens with two attached hydrogens (primary N) is 1. The molecule has 18 heavy (non-hydrogen) atoms. The standard InChI is InChI=1S/C13H16N4O/c1-2-15-12(18)8-17-13-9-5-3-4-6-11(9)16-7-10(13)14/h3-7H,2,8,14H2,1H3,(H,15,18)(H,16,17). The highest BCUT2D eigenvalue weighted by molar-refractivity contribution is 5.98. The van der Waals surface area contributed by atoms with Crippen LogP contribution in [0.2, 0.25) is 0 Å². The number of para-hydroxylation sites is 1. The van der Waals surface area contributed by atoms with E-state index in [2.05, 4.69) is 15.6 Å². The molecule has 0 fully saturated rings. The third-order valence-electron chi connectivity index (χ3n) is 2.60. The zero-order valence-electron chi connectivity index (χ0n) is 10.2. The molecular weight excluding hydrogens is 228 g/mol. The van der Waals surface area contributed by atoms with Crippen molar-refractivity contribution in [1.82, 2.24) is 10.3 Å². The number of pyridine rings is 1. The molecule has 0 radical (unpaired) electrons. The maximum Gasteiger partial charge on any atom is 0.239 e. The number of benzene rings is 1. The van der Waals surface area contributed by atoms with Crippen LogP contribution < -0.4 is 16.4 Å². The summed E-state index contributed by atoms with van der Waals surface area (Å²) in [5, 5.41) is 6.71. The number of amides is 1. The second-order valence-electron chi connectivity index (χ2n) is 3.91. The average molecular weight is 244 g/mol. The number of anilines is 2. The van der Waals surface area contributed by atoms with Crippen LogP contribution in [0.15, 0.2) is 30.5 Å². The highest BCUT2D eigenvalue weighted by Gasteiger charge is 2.07. The number of aromatic nitrogens is 1. The quantitative estimate of drug-likeness (QED) is 0.758. The van der Waals surface area contributed by atoms with E-state index < -0.39 is 0 Å². The zero-order valence-corrected chi connectivity index (χ0v) is 10.2. The first-order valence-corrected chi connectivity index (χ1v) is 5.86. The lowest BCUT2D eigenvalue weighted by molar-refractivity contribution is -0.119. The molecule has 1 aromatic carbocycles. The topological polar surface area (TPSA) is 80.0 Å². The van der Waals surface area contributed by atoms with Crippen LogP contribution in [0.4, 0.5) is 11.4 Å². The summed E-state index contributed by atoms with van der Waals surface area (Å²) < 4.78 is 0. The number of nitrogen functional groups attached to an aromatic ring is 1. The Hall–Kier alpha value is -2.30. The van der Waals surface area contributed by atoms with Crippen LogP contribution in [0.3, 0.4) is 0 Å². The minimum absolute atomic E-state index is 0.0576. The first-order valence-electron chi connectivity index (χ1n) is 5.86. The van der Waals surface area contributed by atoms with E-state index in [-0.39, 0.29) is 12.5 Å². The molecule has 1 heterocycles. The van der Waals surface area contributed by atoms with E-state index in [4.69, 9.17) is 5.73 Å². The maximum atomic E-state index is 11.4. The number of rotatable bonds is 4. The summed E-state index contributed by atoms with van der Waals surface area (Å²) in [4.78, 5) is 15.7. The first kappa shape index (κ1) is 12.2. The Morgan fingerprint density at radius 2 is 2.17 bits per heavy atom. The molecule has 2 aromatic rings. The van der Waals surface area contributed by atoms with Gasteiger partial charge in [0.25, 0.3) is 0 Å². The molecule has 0 atom stereocenters. The molecule has 0 aliphatic carbocycles. The Morgan fingerprint density at radius 3 is 2.94 bits per heavy atom. The van der Waals surface area contributed by atoms with Crippen LogP contribution in [0.5, 0.6) is 0 Å². The van der Waals surface area contributed by atoms with Gasteiger partial charge in [-0.2, -0.15) is 0 Å². The van der Waals surface area contributed by atoms with Crippen molar-refractivity contribution in [3.05, 3.63) is 30.5 Å². The molecule has 0 saturated carbocycles. The van der Waals surface area contributed by atoms with Crippen LogP contribution in [0.25, 0.3) is 10.9 Å². The fourth-order valence-electron chi connectivity index (χ4n) is 1.78. The van der Waals surface area contributed by atoms with Crippen molar-refractivity contribution in [3.8, 4) is 0 Å². The smallest absolute Gasteiger partial charge is 0.239 e. The molecule has 0 aliphatic rings. The summed E-state index contributed by atoms with van der Waals surface area (Å²) in [7, 11) is 0. The van der Waals surface area contributed by atoms with E-state index in [0.29, 0.717) is 12.2 Å². The Labute approximate surface area is 105 Å². The van der Waals surface area contributed by atoms with Crippen molar-refractivity contribution in [1.29, 1.82) is 0 Å². The van der Waals surface area contributed by atoms with Crippen LogP contribution in [-0.4, -0.2) is 24.0 Å². The largest absolute Gasteiger partial charge is 0.396 e. The lowest BCUT2D eigenvalue weighted by Crippen LogP contribution is -2.29. The normalized spacial score (nSPS) is 10.3. The van der Waals surface area contributed by atoms with Gasteiger partial charge < -0.3 is 16.4 Å². The number of carbonyl (C=O) groups excluding carboxylic acids is 1. The monoisotopic (exact) mass is 244 g/mol. The second-order valence-corrected chi connectivity index (χ2v) is 3.91. The van der Waals surface area contributed by atoms with Gasteiger partial charge in [-0.15, -0.1) is 0 Å². The summed E-state index contributed by atoms with van der Waals surface area (Å²) >= 11 is 0. The van der Waals surface area contributed by atoms with Crippen LogP contribution in [0, 0.1) is 0 Å². The predicted octanol–water partition coefficient (Wildman–Crippen LogP) is 1.36. The minimum atomic E-state index is -0.0576. The molecule has 0 bridgehead atoms. The van der Waals surface area contributed by atoms with E-state index >= 15 is 0 Å². The molecular formula is C13H16N4O. The average Bonchev–Trinajstić information content (AvgIpc) is 2.38. The summed E-state index contributed by atoms with van der Waals surface area (Å²) in [6.07, 6.45) is 1.60. The predicted molar refractivity (Wildman–Crippen MR) is 73.3 cm³/mol. The third-order valence-corrected chi connectivity index (χ3v) is 2.60. The molecule has 0 unspecified atom stereocenters. The van der Waals surface area contributed by atoms with Gasteiger partial charge in [-0.05, 0) is 13.0 Å². The fraction of sp³-hybridized carbons (Fsp3) is 0.231. The number of hydrogen-bond donors (Lipinski definition) is 3. The lowest BCUT2D eigenvalue weighted by Gasteiger charge is -2.11. The van der Waals surface area contributed by atoms with Gasteiger partial charge in [-0.25, -0.2) is 0 Å². The highest BCUT2D eigenvalue weighted by atomic mass is 16.1. The Morgan fingerprint density at radius 1 is 1.39 bits per heavy atom. The van der Waals surface area contributed by atoms with Crippen molar-refractivity contribution in [3.63, 3.8) is 0 Å². The van der Waals surface area contributed by atoms with Crippen molar-refractivity contribution >= 4 is 28.2 Å². The van der Waals surface area contributed by atoms with E-state index in [9.17, 15) is 4.79 Å². The van der Waals surface area contributed by atoms with Crippen LogP contribution in [-0.2, 0) is 4.79 Å². The van der Waals surface area contributed by atoms with Crippen LogP contribution in [0.1, 0.15) is 6.92 Å². The Bertz CT molecular complexity index is 568. The number of fused-ring (bicyclic) bond motifs is 1. The Balaban J connectivity index is 2.26. The van der Waals surface area contributed by atoms with E-state index in [1.165, 1.54) is 0 Å². The number of carbonyl (C=O) groups is 1. The van der Waals surface area contributed by atoms with Gasteiger partial charge in [0, 0.05) is 11.9 Å². The third kappa shape index (κ3) is 2.51. The molecule has 1 aromatic heterocycles. The SMILES string of the molecule is CCNC(=O)CNc1c(N)cnc2ccccc12. The van der Waals surface area contributed by atoms with Crippen molar-refractivity contribution in [2.24, 2.45) is 0 Å². The molecule has 94 valence electrons. The summed E-state index contributed by atoms with van der Waals surface area (Å²) in [5.74, 6) is -0.0576. The molecule has 0 aliphatic heterocycles. The van der Waals surface area contributed by atoms with E-state index in [1.807, 2.05) is 31.2 Å². The van der Waals surface area contributed by atoms with Crippen molar-refractivity contribution < 1.29 is 4.79 Å². The number of likely N-dealkylation sites (N-methyl/N-ethyl adjacent to an activating group) is 1.